The molecule has 2 aromatic heterocycles. The van der Waals surface area contributed by atoms with E-state index in [4.69, 9.17) is 4.98 Å². The van der Waals surface area contributed by atoms with Gasteiger partial charge in [-0.05, 0) is 90.1 Å². The van der Waals surface area contributed by atoms with E-state index >= 15 is 0 Å². The molecule has 3 aromatic carbocycles. The maximum absolute atomic E-state index is 12.5. The average Bonchev–Trinajstić information content (AvgIpc) is 3.41. The Morgan fingerprint density at radius 2 is 1.45 bits per heavy atom. The van der Waals surface area contributed by atoms with Crippen LogP contribution in [-0.4, -0.2) is 22.1 Å². The van der Waals surface area contributed by atoms with Gasteiger partial charge in [0.1, 0.15) is 11.2 Å². The van der Waals surface area contributed by atoms with E-state index in [2.05, 4.69) is 124 Å². The molecule has 0 fully saturated rings. The maximum atomic E-state index is 12.5. The molecule has 0 bridgehead atoms. The molecule has 0 spiro atoms. The third-order valence-corrected chi connectivity index (χ3v) is 11.2. The van der Waals surface area contributed by atoms with Crippen LogP contribution in [0.3, 0.4) is 0 Å². The fraction of sp³-hybridized carbons (Fsp3) is 0.458. The van der Waals surface area contributed by atoms with Gasteiger partial charge in [0.15, 0.2) is 5.78 Å². The van der Waals surface area contributed by atoms with Crippen molar-refractivity contribution in [2.24, 2.45) is 16.2 Å². The first-order valence-corrected chi connectivity index (χ1v) is 19.9. The van der Waals surface area contributed by atoms with Crippen molar-refractivity contribution < 1.29 is 43.2 Å². The summed E-state index contributed by atoms with van der Waals surface area (Å²) in [6.07, 6.45) is -0.890. The second kappa shape index (κ2) is 16.9. The molecule has 5 aromatic rings. The molecule has 56 heavy (non-hydrogen) atoms. The number of thiophene rings is 1. The largest absolute Gasteiger partial charge is 0.512 e. The summed E-state index contributed by atoms with van der Waals surface area (Å²) in [5.74, 6) is -1.09. The van der Waals surface area contributed by atoms with Crippen molar-refractivity contribution in [1.82, 2.24) is 4.98 Å². The van der Waals surface area contributed by atoms with Crippen LogP contribution in [0.5, 0.6) is 0 Å². The van der Waals surface area contributed by atoms with Crippen LogP contribution in [0.2, 0.25) is 0 Å². The number of hydrogen-bond donors (Lipinski definition) is 1. The van der Waals surface area contributed by atoms with E-state index in [1.807, 2.05) is 17.5 Å². The van der Waals surface area contributed by atoms with Crippen LogP contribution in [0.25, 0.3) is 42.6 Å². The van der Waals surface area contributed by atoms with E-state index in [9.17, 15) is 23.1 Å². The molecule has 0 aliphatic rings. The molecule has 305 valence electrons. The fourth-order valence-corrected chi connectivity index (χ4v) is 8.39. The van der Waals surface area contributed by atoms with Gasteiger partial charge in [-0.1, -0.05) is 117 Å². The molecule has 0 saturated carbocycles. The van der Waals surface area contributed by atoms with Gasteiger partial charge in [-0.15, -0.1) is 40.5 Å². The van der Waals surface area contributed by atoms with Crippen molar-refractivity contribution in [1.29, 1.82) is 0 Å². The number of nitrogens with zero attached hydrogens (tertiary/aromatic N) is 1. The minimum atomic E-state index is -4.63. The van der Waals surface area contributed by atoms with E-state index in [1.54, 1.807) is 20.8 Å². The normalized spacial score (nSPS) is 13.2. The van der Waals surface area contributed by atoms with Crippen LogP contribution in [0.4, 0.5) is 13.2 Å². The number of allylic oxidation sites excluding steroid dienone is 2. The van der Waals surface area contributed by atoms with E-state index in [0.717, 1.165) is 36.9 Å². The first-order chi connectivity index (χ1) is 25.0. The quantitative estimate of drug-likeness (QED) is 0.105. The second-order valence-electron chi connectivity index (χ2n) is 19.0. The number of ketones is 1. The molecular formula is C48H59F3IrNO2S-. The maximum Gasteiger partial charge on any atom is 0.401 e. The number of aryl methyl sites for hydroxylation is 2. The third kappa shape index (κ3) is 10.4. The third-order valence-electron chi connectivity index (χ3n) is 9.97. The topological polar surface area (TPSA) is 50.2 Å². The van der Waals surface area contributed by atoms with Crippen molar-refractivity contribution in [3.63, 3.8) is 0 Å². The number of rotatable bonds is 6. The molecule has 0 aliphatic carbocycles. The van der Waals surface area contributed by atoms with Crippen molar-refractivity contribution in [2.45, 2.75) is 128 Å². The Hall–Kier alpha value is -3.32. The number of aliphatic hydroxyl groups is 1. The minimum absolute atomic E-state index is 0. The van der Waals surface area contributed by atoms with Crippen molar-refractivity contribution in [3.05, 3.63) is 100 Å². The summed E-state index contributed by atoms with van der Waals surface area (Å²) in [4.78, 5) is 17.8. The first kappa shape index (κ1) is 47.1. The van der Waals surface area contributed by atoms with Crippen molar-refractivity contribution in [3.8, 4) is 21.7 Å². The standard InChI is InChI=1S/C37H42NS.C11H17F3O2.Ir/c1-22(2)31-29-15-16-38-33(27-19-26-13-11-12-14-28(26)30(20-27)37(8,9)10)34(29)39-35(31)32-23(3)17-25(18-24(32)4)21-36(5,6)7;1-9(2,3)7(15)6-8(16)10(4,5)11(12,13)14;/h11-18,20,22H,21H2,1-10H3;6,15H,1-5H3;/q-1;;/b;7-6-;. The summed E-state index contributed by atoms with van der Waals surface area (Å²) in [7, 11) is 0. The summed E-state index contributed by atoms with van der Waals surface area (Å²) in [6, 6.07) is 21.8. The van der Waals surface area contributed by atoms with Gasteiger partial charge in [0, 0.05) is 53.1 Å². The van der Waals surface area contributed by atoms with Gasteiger partial charge in [0.25, 0.3) is 0 Å². The molecule has 0 aliphatic heterocycles. The number of alkyl halides is 3. The second-order valence-corrected chi connectivity index (χ2v) is 20.1. The zero-order chi connectivity index (χ0) is 41.6. The minimum Gasteiger partial charge on any atom is -0.512 e. The number of carbonyl (C=O) groups is 1. The molecule has 5 rings (SSSR count). The summed E-state index contributed by atoms with van der Waals surface area (Å²) in [5, 5.41) is 13.2. The molecule has 1 radical (unpaired) electrons. The Labute approximate surface area is 350 Å². The number of halogens is 3. The molecular weight excluding hydrogens is 904 g/mol. The number of hydrogen-bond acceptors (Lipinski definition) is 4. The van der Waals surface area contributed by atoms with Gasteiger partial charge in [0.05, 0.1) is 0 Å². The Morgan fingerprint density at radius 1 is 0.875 bits per heavy atom. The fourth-order valence-electron chi connectivity index (χ4n) is 6.76. The molecule has 0 unspecified atom stereocenters. The van der Waals surface area contributed by atoms with Gasteiger partial charge in [0.2, 0.25) is 0 Å². The van der Waals surface area contributed by atoms with Crippen LogP contribution in [0, 0.1) is 36.2 Å². The van der Waals surface area contributed by atoms with E-state index in [1.165, 1.54) is 53.7 Å². The van der Waals surface area contributed by atoms with E-state index < -0.39 is 22.8 Å². The Kier molecular flexibility index (Phi) is 14.2. The van der Waals surface area contributed by atoms with Crippen LogP contribution >= 0.6 is 11.3 Å². The Bertz CT molecular complexity index is 2220. The van der Waals surface area contributed by atoms with Gasteiger partial charge in [-0.2, -0.15) is 13.2 Å². The average molecular weight is 963 g/mol. The van der Waals surface area contributed by atoms with E-state index in [0.29, 0.717) is 12.0 Å². The molecule has 3 nitrogen and oxygen atoms in total. The Balaban J connectivity index is 0.000000421. The van der Waals surface area contributed by atoms with Crippen molar-refractivity contribution in [2.75, 3.05) is 0 Å². The number of aromatic nitrogens is 1. The predicted molar refractivity (Wildman–Crippen MR) is 227 cm³/mol. The van der Waals surface area contributed by atoms with E-state index in [-0.39, 0.29) is 36.7 Å². The van der Waals surface area contributed by atoms with Crippen molar-refractivity contribution >= 4 is 38.0 Å². The first-order valence-electron chi connectivity index (χ1n) is 19.0. The Morgan fingerprint density at radius 3 is 1.95 bits per heavy atom. The predicted octanol–water partition coefficient (Wildman–Crippen LogP) is 14.8. The number of fused-ring (bicyclic) bond motifs is 2. The monoisotopic (exact) mass is 963 g/mol. The number of pyridine rings is 1. The zero-order valence-corrected chi connectivity index (χ0v) is 38.9. The SMILES string of the molecule is CC(C)(C)/C(O)=C/C(=O)C(C)(C)C(F)(F)F.Cc1cc(CC(C)(C)C)cc(C)c1-c1sc2c(-c3[c-]c4ccccc4c(C(C)(C)C)c3)nccc2c1C(C)C.[Ir]. The molecule has 0 amide bonds. The number of benzene rings is 3. The molecule has 0 saturated heterocycles. The number of carbonyl (C=O) groups excluding carboxylic acids is 1. The molecule has 2 heterocycles. The van der Waals surface area contributed by atoms with Gasteiger partial charge < -0.3 is 5.11 Å². The van der Waals surface area contributed by atoms with Gasteiger partial charge in [-0.25, -0.2) is 0 Å². The van der Waals surface area contributed by atoms with Gasteiger partial charge in [-0.3, -0.25) is 9.78 Å². The van der Waals surface area contributed by atoms with Crippen LogP contribution < -0.4 is 0 Å². The van der Waals surface area contributed by atoms with Gasteiger partial charge >= 0.3 is 6.18 Å². The molecule has 8 heteroatoms. The number of aliphatic hydroxyl groups excluding tert-OH is 1. The molecule has 1 N–H and O–H groups in total. The summed E-state index contributed by atoms with van der Waals surface area (Å²) >= 11 is 1.91. The summed E-state index contributed by atoms with van der Waals surface area (Å²) < 4.78 is 38.8. The zero-order valence-electron chi connectivity index (χ0n) is 35.7. The van der Waals surface area contributed by atoms with Crippen LogP contribution in [-0.2, 0) is 36.7 Å². The summed E-state index contributed by atoms with van der Waals surface area (Å²) in [5.41, 5.74) is 7.52. The van der Waals surface area contributed by atoms with Crippen LogP contribution in [0.1, 0.15) is 124 Å². The molecule has 0 atom stereocenters. The van der Waals surface area contributed by atoms with Crippen LogP contribution in [0.15, 0.2) is 66.6 Å². The summed E-state index contributed by atoms with van der Waals surface area (Å²) in [6.45, 7) is 29.4. The smallest absolute Gasteiger partial charge is 0.401 e.